The summed E-state index contributed by atoms with van der Waals surface area (Å²) in [7, 11) is 6.21. The van der Waals surface area contributed by atoms with Crippen LogP contribution in [0.25, 0.3) is 5.57 Å². The SMILES string of the molecule is [B]c1ccccc1[C@@H](C)CC(=C)NC1=C(c2ccc(CC[C@H]3CCC[C@H](C=C)C3)c(C)c2)CC=C1C. The maximum atomic E-state index is 6.21. The molecule has 2 radical (unpaired) electrons. The maximum Gasteiger partial charge on any atom is 0.114 e. The van der Waals surface area contributed by atoms with E-state index in [-0.39, 0.29) is 0 Å². The Labute approximate surface area is 220 Å². The van der Waals surface area contributed by atoms with Gasteiger partial charge in [-0.05, 0) is 98.0 Å². The molecule has 2 aromatic rings. The van der Waals surface area contributed by atoms with Gasteiger partial charge in [0.1, 0.15) is 7.85 Å². The van der Waals surface area contributed by atoms with Gasteiger partial charge >= 0.3 is 0 Å². The first-order valence-electron chi connectivity index (χ1n) is 13.8. The largest absolute Gasteiger partial charge is 0.359 e. The lowest BCUT2D eigenvalue weighted by molar-refractivity contribution is 0.290. The molecule has 186 valence electrons. The molecule has 2 aromatic carbocycles. The number of nitrogens with one attached hydrogen (secondary N) is 1. The van der Waals surface area contributed by atoms with E-state index in [0.717, 1.165) is 35.8 Å². The van der Waals surface area contributed by atoms with Gasteiger partial charge in [0.15, 0.2) is 0 Å². The van der Waals surface area contributed by atoms with Crippen LogP contribution in [-0.4, -0.2) is 7.85 Å². The summed E-state index contributed by atoms with van der Waals surface area (Å²) in [4.78, 5) is 0. The van der Waals surface area contributed by atoms with Crippen LogP contribution in [0.4, 0.5) is 0 Å². The average Bonchev–Trinajstić information content (AvgIpc) is 3.23. The van der Waals surface area contributed by atoms with Crippen LogP contribution in [0.5, 0.6) is 0 Å². The summed E-state index contributed by atoms with van der Waals surface area (Å²) in [5.74, 6) is 1.89. The van der Waals surface area contributed by atoms with Gasteiger partial charge < -0.3 is 5.32 Å². The van der Waals surface area contributed by atoms with Crippen molar-refractivity contribution >= 4 is 18.9 Å². The first kappa shape index (κ1) is 26.3. The van der Waals surface area contributed by atoms with E-state index in [2.05, 4.69) is 81.7 Å². The van der Waals surface area contributed by atoms with Gasteiger partial charge in [-0.3, -0.25) is 0 Å². The van der Waals surface area contributed by atoms with Gasteiger partial charge in [0, 0.05) is 11.4 Å². The molecule has 1 nitrogen and oxygen atoms in total. The lowest BCUT2D eigenvalue weighted by Gasteiger charge is -2.27. The van der Waals surface area contributed by atoms with E-state index in [1.54, 1.807) is 0 Å². The third-order valence-corrected chi connectivity index (χ3v) is 8.36. The van der Waals surface area contributed by atoms with Crippen molar-refractivity contribution in [3.63, 3.8) is 0 Å². The molecule has 36 heavy (non-hydrogen) atoms. The van der Waals surface area contributed by atoms with E-state index < -0.39 is 0 Å². The first-order valence-corrected chi connectivity index (χ1v) is 13.8. The van der Waals surface area contributed by atoms with Gasteiger partial charge in [-0.15, -0.1) is 6.58 Å². The predicted molar refractivity (Wildman–Crippen MR) is 158 cm³/mol. The van der Waals surface area contributed by atoms with Crippen molar-refractivity contribution in [2.45, 2.75) is 78.1 Å². The predicted octanol–water partition coefficient (Wildman–Crippen LogP) is 8.07. The van der Waals surface area contributed by atoms with E-state index in [9.17, 15) is 0 Å². The highest BCUT2D eigenvalue weighted by atomic mass is 14.9. The number of rotatable bonds is 10. The minimum absolute atomic E-state index is 0.313. The van der Waals surface area contributed by atoms with Gasteiger partial charge in [0.05, 0.1) is 0 Å². The van der Waals surface area contributed by atoms with Crippen LogP contribution in [0.15, 0.2) is 84.7 Å². The van der Waals surface area contributed by atoms with Crippen LogP contribution in [0.2, 0.25) is 0 Å². The summed E-state index contributed by atoms with van der Waals surface area (Å²) in [6.45, 7) is 15.1. The number of hydrogen-bond acceptors (Lipinski definition) is 1. The summed E-state index contributed by atoms with van der Waals surface area (Å²) in [6.07, 6.45) is 14.2. The van der Waals surface area contributed by atoms with Gasteiger partial charge in [-0.25, -0.2) is 0 Å². The molecule has 0 amide bonds. The second kappa shape index (κ2) is 12.0. The van der Waals surface area contributed by atoms with Crippen LogP contribution >= 0.6 is 0 Å². The Morgan fingerprint density at radius 2 is 1.97 bits per heavy atom. The third-order valence-electron chi connectivity index (χ3n) is 8.36. The Morgan fingerprint density at radius 3 is 2.72 bits per heavy atom. The number of benzene rings is 2. The van der Waals surface area contributed by atoms with Crippen LogP contribution in [-0.2, 0) is 6.42 Å². The van der Waals surface area contributed by atoms with E-state index in [4.69, 9.17) is 7.85 Å². The lowest BCUT2D eigenvalue weighted by atomic mass is 9.78. The summed E-state index contributed by atoms with van der Waals surface area (Å²) >= 11 is 0. The molecule has 2 aliphatic carbocycles. The van der Waals surface area contributed by atoms with Crippen molar-refractivity contribution in [2.24, 2.45) is 11.8 Å². The molecule has 3 atom stereocenters. The van der Waals surface area contributed by atoms with Crippen LogP contribution < -0.4 is 10.8 Å². The van der Waals surface area contributed by atoms with Crippen molar-refractivity contribution in [1.29, 1.82) is 0 Å². The summed E-state index contributed by atoms with van der Waals surface area (Å²) in [5, 5.41) is 3.68. The Kier molecular flexibility index (Phi) is 8.78. The molecule has 0 aromatic heterocycles. The molecule has 2 heteroatoms. The molecule has 1 fully saturated rings. The molecular weight excluding hydrogens is 433 g/mol. The highest BCUT2D eigenvalue weighted by molar-refractivity contribution is 6.33. The Balaban J connectivity index is 1.42. The highest BCUT2D eigenvalue weighted by Gasteiger charge is 2.21. The third kappa shape index (κ3) is 6.33. The molecule has 1 saturated carbocycles. The van der Waals surface area contributed by atoms with Crippen molar-refractivity contribution in [1.82, 2.24) is 5.32 Å². The molecule has 0 unspecified atom stereocenters. The molecule has 2 aliphatic rings. The Hall–Kier alpha value is -2.74. The van der Waals surface area contributed by atoms with Crippen LogP contribution in [0.1, 0.15) is 87.0 Å². The van der Waals surface area contributed by atoms with Gasteiger partial charge in [-0.2, -0.15) is 0 Å². The van der Waals surface area contributed by atoms with Crippen molar-refractivity contribution in [2.75, 3.05) is 0 Å². The Bertz CT molecular complexity index is 1170. The highest BCUT2D eigenvalue weighted by Crippen LogP contribution is 2.35. The van der Waals surface area contributed by atoms with E-state index in [1.807, 2.05) is 12.1 Å². The maximum absolute atomic E-state index is 6.21. The number of aryl methyl sites for hydroxylation is 2. The zero-order valence-corrected chi connectivity index (χ0v) is 22.6. The molecule has 0 spiro atoms. The molecule has 0 saturated heterocycles. The normalized spacial score (nSPS) is 20.7. The van der Waals surface area contributed by atoms with E-state index in [1.165, 1.54) is 77.6 Å². The van der Waals surface area contributed by atoms with Crippen LogP contribution in [0, 0.1) is 18.8 Å². The molecule has 4 rings (SSSR count). The summed E-state index contributed by atoms with van der Waals surface area (Å²) < 4.78 is 0. The fourth-order valence-electron chi connectivity index (χ4n) is 6.13. The minimum atomic E-state index is 0.313. The topological polar surface area (TPSA) is 12.0 Å². The van der Waals surface area contributed by atoms with E-state index in [0.29, 0.717) is 5.92 Å². The number of allylic oxidation sites excluding steroid dienone is 5. The zero-order valence-electron chi connectivity index (χ0n) is 22.6. The van der Waals surface area contributed by atoms with Gasteiger partial charge in [0.25, 0.3) is 0 Å². The molecule has 0 aliphatic heterocycles. The second-order valence-electron chi connectivity index (χ2n) is 11.1. The summed E-state index contributed by atoms with van der Waals surface area (Å²) in [6, 6.07) is 15.2. The quantitative estimate of drug-likeness (QED) is 0.271. The molecule has 0 bridgehead atoms. The molecular formula is C34H42BN. The van der Waals surface area contributed by atoms with Crippen molar-refractivity contribution < 1.29 is 0 Å². The monoisotopic (exact) mass is 475 g/mol. The first-order chi connectivity index (χ1) is 17.4. The Morgan fingerprint density at radius 1 is 1.17 bits per heavy atom. The van der Waals surface area contributed by atoms with E-state index >= 15 is 0 Å². The standard InChI is InChI=1S/C34H42BN/c1-6-27-10-9-11-28(22-27)15-16-29-17-18-30(21-24(29)3)32-19-14-23(2)34(32)36-26(5)20-25(4)31-12-7-8-13-33(31)35/h6-8,12-14,17-18,21,25,27-28,36H,1,5,9-11,15-16,19-20,22H2,2-4H3/t25-,27-,28+/m0/s1. The average molecular weight is 476 g/mol. The lowest BCUT2D eigenvalue weighted by Crippen LogP contribution is -2.18. The fourth-order valence-corrected chi connectivity index (χ4v) is 6.13. The zero-order chi connectivity index (χ0) is 25.7. The minimum Gasteiger partial charge on any atom is -0.359 e. The number of hydrogen-bond donors (Lipinski definition) is 1. The van der Waals surface area contributed by atoms with Crippen LogP contribution in [0.3, 0.4) is 0 Å². The smallest absolute Gasteiger partial charge is 0.114 e. The fraction of sp³-hybridized carbons (Fsp3) is 0.412. The van der Waals surface area contributed by atoms with Crippen molar-refractivity contribution in [3.8, 4) is 0 Å². The molecule has 1 N–H and O–H groups in total. The van der Waals surface area contributed by atoms with Crippen molar-refractivity contribution in [3.05, 3.63) is 107 Å². The summed E-state index contributed by atoms with van der Waals surface area (Å²) in [5.41, 5.74) is 11.2. The van der Waals surface area contributed by atoms with Gasteiger partial charge in [-0.1, -0.05) is 92.0 Å². The molecule has 0 heterocycles. The second-order valence-corrected chi connectivity index (χ2v) is 11.1. The van der Waals surface area contributed by atoms with Gasteiger partial charge in [0.2, 0.25) is 0 Å².